The highest BCUT2D eigenvalue weighted by atomic mass is 79.9. The molecular weight excluding hydrogens is 322 g/mol. The first kappa shape index (κ1) is 14.6. The second-order valence-electron chi connectivity index (χ2n) is 4.60. The molecule has 0 aliphatic rings. The molecule has 0 bridgehead atoms. The minimum absolute atomic E-state index is 0.429. The molecule has 1 unspecified atom stereocenters. The minimum Gasteiger partial charge on any atom is -0.319 e. The Labute approximate surface area is 128 Å². The molecule has 1 N–H and O–H groups in total. The predicted molar refractivity (Wildman–Crippen MR) is 86.0 cm³/mol. The van der Waals surface area contributed by atoms with Crippen LogP contribution >= 0.6 is 27.5 Å². The van der Waals surface area contributed by atoms with Gasteiger partial charge in [-0.05, 0) is 42.8 Å². The van der Waals surface area contributed by atoms with Crippen LogP contribution in [-0.2, 0) is 6.42 Å². The lowest BCUT2D eigenvalue weighted by Gasteiger charge is -2.18. The second-order valence-corrected chi connectivity index (χ2v) is 5.92. The third kappa shape index (κ3) is 4.07. The molecule has 1 nitrogen and oxygen atoms in total. The van der Waals surface area contributed by atoms with Gasteiger partial charge in [-0.3, -0.25) is 0 Å². The van der Waals surface area contributed by atoms with Gasteiger partial charge in [0.05, 0.1) is 0 Å². The van der Waals surface area contributed by atoms with Gasteiger partial charge in [-0.15, -0.1) is 0 Å². The van der Waals surface area contributed by atoms with Gasteiger partial charge in [-0.25, -0.2) is 0 Å². The van der Waals surface area contributed by atoms with Crippen molar-refractivity contribution in [2.24, 2.45) is 0 Å². The SMILES string of the molecule is CNCC(Cc1ccccc1Cl)c1ccc(Br)cc1. The second kappa shape index (κ2) is 7.09. The van der Waals surface area contributed by atoms with Crippen molar-refractivity contribution in [3.05, 3.63) is 69.2 Å². The van der Waals surface area contributed by atoms with E-state index in [1.54, 1.807) is 0 Å². The van der Waals surface area contributed by atoms with Gasteiger partial charge >= 0.3 is 0 Å². The van der Waals surface area contributed by atoms with Crippen LogP contribution in [0.15, 0.2) is 53.0 Å². The number of benzene rings is 2. The van der Waals surface area contributed by atoms with Gasteiger partial charge in [0.2, 0.25) is 0 Å². The highest BCUT2D eigenvalue weighted by molar-refractivity contribution is 9.10. The fourth-order valence-corrected chi connectivity index (χ4v) is 2.70. The van der Waals surface area contributed by atoms with E-state index in [9.17, 15) is 0 Å². The summed E-state index contributed by atoms with van der Waals surface area (Å²) in [6.45, 7) is 0.937. The maximum atomic E-state index is 6.25. The van der Waals surface area contributed by atoms with Gasteiger partial charge in [0.25, 0.3) is 0 Å². The van der Waals surface area contributed by atoms with Crippen molar-refractivity contribution in [3.63, 3.8) is 0 Å². The molecule has 0 aliphatic carbocycles. The molecule has 0 radical (unpaired) electrons. The normalized spacial score (nSPS) is 12.4. The van der Waals surface area contributed by atoms with E-state index in [1.807, 2.05) is 25.2 Å². The van der Waals surface area contributed by atoms with Crippen LogP contribution in [0.1, 0.15) is 17.0 Å². The molecule has 19 heavy (non-hydrogen) atoms. The molecule has 2 aromatic carbocycles. The third-order valence-corrected chi connectivity index (χ3v) is 4.11. The van der Waals surface area contributed by atoms with Crippen LogP contribution in [0, 0.1) is 0 Å². The first-order valence-corrected chi connectivity index (χ1v) is 7.51. The third-order valence-electron chi connectivity index (χ3n) is 3.22. The predicted octanol–water partition coefficient (Wildman–Crippen LogP) is 4.65. The first-order valence-electron chi connectivity index (χ1n) is 6.34. The molecule has 1 atom stereocenters. The molecule has 0 saturated heterocycles. The summed E-state index contributed by atoms with van der Waals surface area (Å²) in [6, 6.07) is 16.6. The summed E-state index contributed by atoms with van der Waals surface area (Å²) >= 11 is 9.73. The first-order chi connectivity index (χ1) is 9.20. The van der Waals surface area contributed by atoms with E-state index in [4.69, 9.17) is 11.6 Å². The highest BCUT2D eigenvalue weighted by Gasteiger charge is 2.13. The zero-order chi connectivity index (χ0) is 13.7. The molecule has 3 heteroatoms. The Hall–Kier alpha value is -0.830. The Morgan fingerprint density at radius 3 is 2.42 bits per heavy atom. The maximum Gasteiger partial charge on any atom is 0.0438 e. The van der Waals surface area contributed by atoms with Crippen LogP contribution < -0.4 is 5.32 Å². The van der Waals surface area contributed by atoms with Gasteiger partial charge in [0, 0.05) is 22.0 Å². The summed E-state index contributed by atoms with van der Waals surface area (Å²) in [6.07, 6.45) is 0.947. The van der Waals surface area contributed by atoms with Crippen LogP contribution in [0.5, 0.6) is 0 Å². The number of hydrogen-bond donors (Lipinski definition) is 1. The van der Waals surface area contributed by atoms with Crippen LogP contribution in [0.3, 0.4) is 0 Å². The van der Waals surface area contributed by atoms with E-state index < -0.39 is 0 Å². The summed E-state index contributed by atoms with van der Waals surface area (Å²) in [7, 11) is 1.98. The molecule has 2 aromatic rings. The van der Waals surface area contributed by atoms with E-state index in [0.29, 0.717) is 5.92 Å². The molecule has 0 aromatic heterocycles. The van der Waals surface area contributed by atoms with Gasteiger partial charge in [-0.2, -0.15) is 0 Å². The van der Waals surface area contributed by atoms with Crippen LogP contribution in [0.25, 0.3) is 0 Å². The summed E-state index contributed by atoms with van der Waals surface area (Å²) in [5.41, 5.74) is 2.53. The van der Waals surface area contributed by atoms with Crippen LogP contribution in [-0.4, -0.2) is 13.6 Å². The topological polar surface area (TPSA) is 12.0 Å². The summed E-state index contributed by atoms with van der Waals surface area (Å²) in [4.78, 5) is 0. The quantitative estimate of drug-likeness (QED) is 0.837. The lowest BCUT2D eigenvalue weighted by atomic mass is 9.92. The molecule has 100 valence electrons. The van der Waals surface area contributed by atoms with Crippen molar-refractivity contribution in [1.82, 2.24) is 5.32 Å². The van der Waals surface area contributed by atoms with E-state index in [-0.39, 0.29) is 0 Å². The zero-order valence-corrected chi connectivity index (χ0v) is 13.2. The van der Waals surface area contributed by atoms with Crippen molar-refractivity contribution >= 4 is 27.5 Å². The van der Waals surface area contributed by atoms with Gasteiger partial charge in [-0.1, -0.05) is 57.9 Å². The standard InChI is InChI=1S/C16H17BrClN/c1-19-11-14(12-6-8-15(17)9-7-12)10-13-4-2-3-5-16(13)18/h2-9,14,19H,10-11H2,1H3. The van der Waals surface area contributed by atoms with Gasteiger partial charge in [0.1, 0.15) is 0 Å². The lowest BCUT2D eigenvalue weighted by Crippen LogP contribution is -2.19. The largest absolute Gasteiger partial charge is 0.319 e. The Morgan fingerprint density at radius 1 is 1.11 bits per heavy atom. The average Bonchev–Trinajstić information content (AvgIpc) is 2.42. The number of likely N-dealkylation sites (N-methyl/N-ethyl adjacent to an activating group) is 1. The molecule has 0 amide bonds. The van der Waals surface area contributed by atoms with Crippen LogP contribution in [0.2, 0.25) is 5.02 Å². The fourth-order valence-electron chi connectivity index (χ4n) is 2.22. The number of rotatable bonds is 5. The molecule has 0 saturated carbocycles. The summed E-state index contributed by atoms with van der Waals surface area (Å²) in [5, 5.41) is 4.11. The number of nitrogens with one attached hydrogen (secondary N) is 1. The average molecular weight is 339 g/mol. The van der Waals surface area contributed by atoms with E-state index >= 15 is 0 Å². The monoisotopic (exact) mass is 337 g/mol. The smallest absolute Gasteiger partial charge is 0.0438 e. The molecule has 0 fully saturated rings. The fraction of sp³-hybridized carbons (Fsp3) is 0.250. The van der Waals surface area contributed by atoms with Crippen LogP contribution in [0.4, 0.5) is 0 Å². The highest BCUT2D eigenvalue weighted by Crippen LogP contribution is 2.25. The zero-order valence-electron chi connectivity index (χ0n) is 10.9. The number of hydrogen-bond acceptors (Lipinski definition) is 1. The Kier molecular flexibility index (Phi) is 5.44. The van der Waals surface area contributed by atoms with E-state index in [1.165, 1.54) is 11.1 Å². The van der Waals surface area contributed by atoms with Crippen molar-refractivity contribution in [2.45, 2.75) is 12.3 Å². The molecule has 0 heterocycles. The lowest BCUT2D eigenvalue weighted by molar-refractivity contribution is 0.626. The summed E-state index contributed by atoms with van der Waals surface area (Å²) < 4.78 is 1.11. The van der Waals surface area contributed by atoms with Crippen molar-refractivity contribution in [1.29, 1.82) is 0 Å². The maximum absolute atomic E-state index is 6.25. The molecule has 0 aliphatic heterocycles. The Balaban J connectivity index is 2.21. The Bertz CT molecular complexity index is 525. The molecule has 0 spiro atoms. The molecule has 2 rings (SSSR count). The van der Waals surface area contributed by atoms with Crippen molar-refractivity contribution in [3.8, 4) is 0 Å². The minimum atomic E-state index is 0.429. The van der Waals surface area contributed by atoms with E-state index in [2.05, 4.69) is 51.6 Å². The van der Waals surface area contributed by atoms with E-state index in [0.717, 1.165) is 22.5 Å². The number of halogens is 2. The molecular formula is C16H17BrClN. The van der Waals surface area contributed by atoms with Gasteiger partial charge < -0.3 is 5.32 Å². The van der Waals surface area contributed by atoms with Crippen molar-refractivity contribution in [2.75, 3.05) is 13.6 Å². The van der Waals surface area contributed by atoms with Crippen molar-refractivity contribution < 1.29 is 0 Å². The van der Waals surface area contributed by atoms with Gasteiger partial charge in [0.15, 0.2) is 0 Å². The summed E-state index contributed by atoms with van der Waals surface area (Å²) in [5.74, 6) is 0.429. The Morgan fingerprint density at radius 2 is 1.79 bits per heavy atom.